The van der Waals surface area contributed by atoms with Crippen molar-refractivity contribution in [3.8, 4) is 5.13 Å². The monoisotopic (exact) mass is 290 g/mol. The van der Waals surface area contributed by atoms with Crippen LogP contribution in [0.15, 0.2) is 30.5 Å². The van der Waals surface area contributed by atoms with Crippen molar-refractivity contribution in [2.24, 2.45) is 0 Å². The van der Waals surface area contributed by atoms with Gasteiger partial charge in [-0.1, -0.05) is 23.5 Å². The van der Waals surface area contributed by atoms with Crippen molar-refractivity contribution in [1.29, 1.82) is 0 Å². The molecule has 2 heterocycles. The Morgan fingerprint density at radius 2 is 2.15 bits per heavy atom. The van der Waals surface area contributed by atoms with Gasteiger partial charge in [0.1, 0.15) is 6.20 Å². The van der Waals surface area contributed by atoms with Gasteiger partial charge in [0, 0.05) is 0 Å². The summed E-state index contributed by atoms with van der Waals surface area (Å²) in [5, 5.41) is 23.8. The number of aromatic nitrogens is 3. The lowest BCUT2D eigenvalue weighted by Crippen LogP contribution is -2.02. The van der Waals surface area contributed by atoms with E-state index in [0.29, 0.717) is 5.13 Å². The average molecular weight is 290 g/mol. The molecule has 1 aromatic carbocycles. The number of hydrogen-bond acceptors (Lipinski definition) is 6. The van der Waals surface area contributed by atoms with Crippen LogP contribution < -0.4 is 0 Å². The summed E-state index contributed by atoms with van der Waals surface area (Å²) in [4.78, 5) is 25.2. The van der Waals surface area contributed by atoms with E-state index >= 15 is 0 Å². The molecule has 0 amide bonds. The Morgan fingerprint density at radius 1 is 1.40 bits per heavy atom. The number of benzene rings is 1. The SMILES string of the molecule is O=C(O)c1nn(-c2nc3ccccc3s2)cc1[N+](=O)[O-]. The highest BCUT2D eigenvalue weighted by Crippen LogP contribution is 2.26. The Kier molecular flexibility index (Phi) is 2.68. The highest BCUT2D eigenvalue weighted by Gasteiger charge is 2.26. The first-order valence-electron chi connectivity index (χ1n) is 5.39. The normalized spacial score (nSPS) is 10.8. The van der Waals surface area contributed by atoms with Gasteiger partial charge in [0.2, 0.25) is 10.8 Å². The number of rotatable bonds is 3. The van der Waals surface area contributed by atoms with Crippen LogP contribution in [-0.4, -0.2) is 30.8 Å². The predicted molar refractivity (Wildman–Crippen MR) is 70.4 cm³/mol. The van der Waals surface area contributed by atoms with Gasteiger partial charge in [0.15, 0.2) is 0 Å². The number of para-hydroxylation sites is 1. The Labute approximate surface area is 115 Å². The van der Waals surface area contributed by atoms with Crippen LogP contribution in [0.3, 0.4) is 0 Å². The highest BCUT2D eigenvalue weighted by molar-refractivity contribution is 7.20. The summed E-state index contributed by atoms with van der Waals surface area (Å²) >= 11 is 1.27. The molecule has 0 saturated heterocycles. The number of hydrogen-bond donors (Lipinski definition) is 1. The van der Waals surface area contributed by atoms with E-state index in [1.807, 2.05) is 18.2 Å². The van der Waals surface area contributed by atoms with Gasteiger partial charge in [-0.25, -0.2) is 14.5 Å². The minimum atomic E-state index is -1.45. The second-order valence-electron chi connectivity index (χ2n) is 3.83. The molecule has 9 heteroatoms. The fraction of sp³-hybridized carbons (Fsp3) is 0. The molecule has 0 radical (unpaired) electrons. The Bertz CT molecular complexity index is 773. The number of aromatic carboxylic acids is 1. The van der Waals surface area contributed by atoms with Crippen LogP contribution in [0.4, 0.5) is 5.69 Å². The van der Waals surface area contributed by atoms with Crippen molar-refractivity contribution < 1.29 is 14.8 Å². The van der Waals surface area contributed by atoms with Crippen molar-refractivity contribution in [3.63, 3.8) is 0 Å². The fourth-order valence-corrected chi connectivity index (χ4v) is 2.60. The van der Waals surface area contributed by atoms with E-state index in [1.165, 1.54) is 11.3 Å². The summed E-state index contributed by atoms with van der Waals surface area (Å²) in [6.45, 7) is 0. The first kappa shape index (κ1) is 12.2. The maximum atomic E-state index is 10.9. The van der Waals surface area contributed by atoms with Crippen LogP contribution in [0.5, 0.6) is 0 Å². The standard InChI is InChI=1S/C11H6N4O4S/c16-10(17)9-7(15(18)19)5-14(13-9)11-12-6-3-1-2-4-8(6)20-11/h1-5H,(H,16,17). The fourth-order valence-electron chi connectivity index (χ4n) is 1.71. The van der Waals surface area contributed by atoms with E-state index in [-0.39, 0.29) is 0 Å². The van der Waals surface area contributed by atoms with E-state index in [1.54, 1.807) is 6.07 Å². The summed E-state index contributed by atoms with van der Waals surface area (Å²) in [5.41, 5.74) is -0.437. The molecule has 2 aromatic heterocycles. The van der Waals surface area contributed by atoms with Crippen molar-refractivity contribution in [1.82, 2.24) is 14.8 Å². The number of carboxylic acid groups (broad SMARTS) is 1. The first-order chi connectivity index (χ1) is 9.56. The van der Waals surface area contributed by atoms with Crippen LogP contribution >= 0.6 is 11.3 Å². The summed E-state index contributed by atoms with van der Waals surface area (Å²) in [7, 11) is 0. The number of carbonyl (C=O) groups is 1. The molecule has 0 aliphatic heterocycles. The molecule has 0 aliphatic carbocycles. The second kappa shape index (κ2) is 4.38. The van der Waals surface area contributed by atoms with Gasteiger partial charge in [0.25, 0.3) is 0 Å². The lowest BCUT2D eigenvalue weighted by molar-refractivity contribution is -0.385. The predicted octanol–water partition coefficient (Wildman–Crippen LogP) is 2.09. The lowest BCUT2D eigenvalue weighted by atomic mass is 10.3. The van der Waals surface area contributed by atoms with Gasteiger partial charge in [-0.15, -0.1) is 0 Å². The topological polar surface area (TPSA) is 111 Å². The Balaban J connectivity index is 2.16. The third-order valence-corrected chi connectivity index (χ3v) is 3.60. The molecule has 0 spiro atoms. The number of fused-ring (bicyclic) bond motifs is 1. The van der Waals surface area contributed by atoms with Crippen molar-refractivity contribution in [3.05, 3.63) is 46.3 Å². The average Bonchev–Trinajstić information content (AvgIpc) is 3.02. The number of carboxylic acids is 1. The van der Waals surface area contributed by atoms with Crippen LogP contribution in [0.2, 0.25) is 0 Å². The lowest BCUT2D eigenvalue weighted by Gasteiger charge is -1.90. The zero-order valence-corrected chi connectivity index (χ0v) is 10.6. The maximum Gasteiger partial charge on any atom is 0.363 e. The molecule has 3 rings (SSSR count). The van der Waals surface area contributed by atoms with Gasteiger partial charge < -0.3 is 5.11 Å². The van der Waals surface area contributed by atoms with Crippen LogP contribution in [0.25, 0.3) is 15.3 Å². The third-order valence-electron chi connectivity index (χ3n) is 2.57. The van der Waals surface area contributed by atoms with E-state index in [4.69, 9.17) is 5.11 Å². The van der Waals surface area contributed by atoms with Crippen LogP contribution in [0, 0.1) is 10.1 Å². The molecule has 20 heavy (non-hydrogen) atoms. The smallest absolute Gasteiger partial charge is 0.363 e. The van der Waals surface area contributed by atoms with Crippen molar-refractivity contribution in [2.45, 2.75) is 0 Å². The summed E-state index contributed by atoms with van der Waals surface area (Å²) in [6, 6.07) is 7.32. The first-order valence-corrected chi connectivity index (χ1v) is 6.21. The molecule has 0 saturated carbocycles. The van der Waals surface area contributed by atoms with Gasteiger partial charge in [-0.05, 0) is 12.1 Å². The maximum absolute atomic E-state index is 10.9. The van der Waals surface area contributed by atoms with Crippen LogP contribution in [0.1, 0.15) is 10.5 Å². The molecule has 100 valence electrons. The number of thiazole rings is 1. The summed E-state index contributed by atoms with van der Waals surface area (Å²) in [6.07, 6.45) is 1.06. The van der Waals surface area contributed by atoms with Crippen molar-refractivity contribution >= 4 is 33.2 Å². The summed E-state index contributed by atoms with van der Waals surface area (Å²) < 4.78 is 2.00. The third kappa shape index (κ3) is 1.89. The minimum Gasteiger partial charge on any atom is -0.476 e. The van der Waals surface area contributed by atoms with Gasteiger partial charge >= 0.3 is 11.7 Å². The molecular weight excluding hydrogens is 284 g/mol. The van der Waals surface area contributed by atoms with Gasteiger partial charge in [-0.3, -0.25) is 10.1 Å². The number of nitrogens with zero attached hydrogens (tertiary/aromatic N) is 4. The Hall–Kier alpha value is -2.81. The molecule has 1 N–H and O–H groups in total. The highest BCUT2D eigenvalue weighted by atomic mass is 32.1. The molecule has 0 atom stereocenters. The molecule has 0 bridgehead atoms. The zero-order valence-electron chi connectivity index (χ0n) is 9.76. The van der Waals surface area contributed by atoms with E-state index in [0.717, 1.165) is 21.1 Å². The molecule has 3 aromatic rings. The summed E-state index contributed by atoms with van der Waals surface area (Å²) in [5.74, 6) is -1.45. The van der Waals surface area contributed by atoms with E-state index in [2.05, 4.69) is 10.1 Å². The molecule has 0 fully saturated rings. The molecular formula is C11H6N4O4S. The van der Waals surface area contributed by atoms with Gasteiger partial charge in [-0.2, -0.15) is 5.10 Å². The zero-order chi connectivity index (χ0) is 14.3. The second-order valence-corrected chi connectivity index (χ2v) is 4.84. The largest absolute Gasteiger partial charge is 0.476 e. The Morgan fingerprint density at radius 3 is 2.75 bits per heavy atom. The van der Waals surface area contributed by atoms with Crippen LogP contribution in [-0.2, 0) is 0 Å². The number of nitro groups is 1. The molecule has 8 nitrogen and oxygen atoms in total. The quantitative estimate of drug-likeness (QED) is 0.584. The van der Waals surface area contributed by atoms with Crippen molar-refractivity contribution in [2.75, 3.05) is 0 Å². The molecule has 0 unspecified atom stereocenters. The van der Waals surface area contributed by atoms with E-state index < -0.39 is 22.3 Å². The minimum absolute atomic E-state index is 0.377. The molecule has 0 aliphatic rings. The van der Waals surface area contributed by atoms with Gasteiger partial charge in [0.05, 0.1) is 15.1 Å². The van der Waals surface area contributed by atoms with E-state index in [9.17, 15) is 14.9 Å².